The first-order chi connectivity index (χ1) is 15.9. The molecule has 0 aliphatic carbocycles. The van der Waals surface area contributed by atoms with Crippen LogP contribution in [0.5, 0.6) is 0 Å². The molecule has 0 bridgehead atoms. The molecule has 0 amide bonds. The number of rotatable bonds is 6. The molecule has 0 atom stereocenters. The average molecular weight is 463 g/mol. The SMILES string of the molecule is CCOC(=O)/C(N=Nc1ccc(C(C)=O)cc1)=C(/O)c1nn2c(nc(=O)c3ccccc32)s1. The molecule has 0 unspecified atom stereocenters. The highest BCUT2D eigenvalue weighted by molar-refractivity contribution is 7.17. The van der Waals surface area contributed by atoms with E-state index in [0.29, 0.717) is 22.2 Å². The smallest absolute Gasteiger partial charge is 0.362 e. The summed E-state index contributed by atoms with van der Waals surface area (Å²) in [7, 11) is 0. The summed E-state index contributed by atoms with van der Waals surface area (Å²) >= 11 is 0.911. The predicted molar refractivity (Wildman–Crippen MR) is 122 cm³/mol. The quantitative estimate of drug-likeness (QED) is 0.150. The van der Waals surface area contributed by atoms with Crippen LogP contribution in [0.25, 0.3) is 21.6 Å². The van der Waals surface area contributed by atoms with E-state index in [-0.39, 0.29) is 22.4 Å². The third-order valence-electron chi connectivity index (χ3n) is 4.55. The summed E-state index contributed by atoms with van der Waals surface area (Å²) in [5.74, 6) is -1.56. The lowest BCUT2D eigenvalue weighted by Crippen LogP contribution is -2.09. The fourth-order valence-electron chi connectivity index (χ4n) is 2.95. The lowest BCUT2D eigenvalue weighted by molar-refractivity contribution is -0.138. The Bertz CT molecular complexity index is 1500. The van der Waals surface area contributed by atoms with Crippen LogP contribution in [0.1, 0.15) is 29.2 Å². The molecule has 0 saturated carbocycles. The Balaban J connectivity index is 1.80. The van der Waals surface area contributed by atoms with Gasteiger partial charge in [0.1, 0.15) is 0 Å². The Morgan fingerprint density at radius 1 is 1.15 bits per heavy atom. The van der Waals surface area contributed by atoms with Crippen molar-refractivity contribution in [3.8, 4) is 0 Å². The molecule has 0 radical (unpaired) electrons. The topological polar surface area (TPSA) is 136 Å². The maximum absolute atomic E-state index is 12.5. The molecular weight excluding hydrogens is 446 g/mol. The van der Waals surface area contributed by atoms with Gasteiger partial charge in [0.25, 0.3) is 5.56 Å². The highest BCUT2D eigenvalue weighted by atomic mass is 32.1. The molecule has 4 aromatic rings. The number of carbonyl (C=O) groups excluding carboxylic acids is 2. The van der Waals surface area contributed by atoms with Gasteiger partial charge in [-0.15, -0.1) is 5.11 Å². The van der Waals surface area contributed by atoms with E-state index in [9.17, 15) is 19.5 Å². The first kappa shape index (κ1) is 22.0. The van der Waals surface area contributed by atoms with Gasteiger partial charge in [0.15, 0.2) is 16.6 Å². The van der Waals surface area contributed by atoms with Gasteiger partial charge in [-0.3, -0.25) is 9.59 Å². The molecule has 0 aliphatic rings. The molecule has 2 aromatic carbocycles. The third kappa shape index (κ3) is 4.39. The van der Waals surface area contributed by atoms with Gasteiger partial charge in [-0.2, -0.15) is 15.2 Å². The number of aliphatic hydroxyl groups excluding tert-OH is 1. The van der Waals surface area contributed by atoms with E-state index in [1.54, 1.807) is 55.5 Å². The second kappa shape index (κ2) is 9.09. The number of ether oxygens (including phenoxy) is 1. The Labute approximate surface area is 190 Å². The predicted octanol–water partition coefficient (Wildman–Crippen LogP) is 4.08. The van der Waals surface area contributed by atoms with Crippen LogP contribution in [0.2, 0.25) is 0 Å². The normalized spacial score (nSPS) is 12.3. The molecule has 2 heterocycles. The minimum atomic E-state index is -0.898. The number of esters is 1. The highest BCUT2D eigenvalue weighted by Gasteiger charge is 2.22. The van der Waals surface area contributed by atoms with Crippen molar-refractivity contribution < 1.29 is 19.4 Å². The summed E-state index contributed by atoms with van der Waals surface area (Å²) in [5.41, 5.74) is 0.480. The number of nitrogens with zero attached hydrogens (tertiary/aromatic N) is 5. The molecule has 0 fully saturated rings. The number of hydrogen-bond acceptors (Lipinski definition) is 10. The number of aromatic nitrogens is 3. The summed E-state index contributed by atoms with van der Waals surface area (Å²) in [6.07, 6.45) is 0. The molecular formula is C22H17N5O5S. The van der Waals surface area contributed by atoms with E-state index in [0.717, 1.165) is 11.3 Å². The van der Waals surface area contributed by atoms with Crippen LogP contribution in [0.4, 0.5) is 5.69 Å². The van der Waals surface area contributed by atoms with Crippen LogP contribution in [0, 0.1) is 0 Å². The van der Waals surface area contributed by atoms with Crippen molar-refractivity contribution in [2.24, 2.45) is 10.2 Å². The van der Waals surface area contributed by atoms with Crippen molar-refractivity contribution >= 4 is 50.4 Å². The maximum Gasteiger partial charge on any atom is 0.362 e. The summed E-state index contributed by atoms with van der Waals surface area (Å²) in [4.78, 5) is 40.4. The number of Topliss-reactive ketones (excluding diaryl/α,β-unsaturated/α-hetero) is 1. The first-order valence-corrected chi connectivity index (χ1v) is 10.6. The van der Waals surface area contributed by atoms with Gasteiger partial charge in [0, 0.05) is 5.56 Å². The Morgan fingerprint density at radius 3 is 2.58 bits per heavy atom. The van der Waals surface area contributed by atoms with Gasteiger partial charge < -0.3 is 9.84 Å². The summed E-state index contributed by atoms with van der Waals surface area (Å²) < 4.78 is 6.41. The highest BCUT2D eigenvalue weighted by Crippen LogP contribution is 2.26. The average Bonchev–Trinajstić information content (AvgIpc) is 3.24. The molecule has 1 N–H and O–H groups in total. The number of ketones is 1. The second-order valence-corrected chi connectivity index (χ2v) is 7.71. The number of azo groups is 1. The van der Waals surface area contributed by atoms with E-state index in [4.69, 9.17) is 4.74 Å². The maximum atomic E-state index is 12.5. The van der Waals surface area contributed by atoms with Crippen molar-refractivity contribution in [3.63, 3.8) is 0 Å². The number of benzene rings is 2. The number of hydrogen-bond donors (Lipinski definition) is 1. The van der Waals surface area contributed by atoms with E-state index < -0.39 is 23.0 Å². The Morgan fingerprint density at radius 2 is 1.88 bits per heavy atom. The fourth-order valence-corrected chi connectivity index (χ4v) is 3.79. The second-order valence-electron chi connectivity index (χ2n) is 6.76. The van der Waals surface area contributed by atoms with Crippen LogP contribution in [-0.4, -0.2) is 38.1 Å². The molecule has 0 spiro atoms. The van der Waals surface area contributed by atoms with Crippen LogP contribution >= 0.6 is 11.3 Å². The minimum absolute atomic E-state index is 0.00665. The van der Waals surface area contributed by atoms with Crippen molar-refractivity contribution in [2.75, 3.05) is 6.61 Å². The first-order valence-electron chi connectivity index (χ1n) is 9.81. The molecule has 4 rings (SSSR count). The van der Waals surface area contributed by atoms with Gasteiger partial charge >= 0.3 is 5.97 Å². The van der Waals surface area contributed by atoms with Crippen LogP contribution in [-0.2, 0) is 9.53 Å². The zero-order valence-electron chi connectivity index (χ0n) is 17.6. The van der Waals surface area contributed by atoms with Gasteiger partial charge in [0.2, 0.25) is 10.7 Å². The van der Waals surface area contributed by atoms with E-state index in [1.165, 1.54) is 11.4 Å². The molecule has 166 valence electrons. The zero-order chi connectivity index (χ0) is 23.5. The summed E-state index contributed by atoms with van der Waals surface area (Å²) in [5, 5.41) is 23.4. The Kier molecular flexibility index (Phi) is 6.05. The van der Waals surface area contributed by atoms with Crippen LogP contribution in [0.3, 0.4) is 0 Å². The number of fused-ring (bicyclic) bond motifs is 3. The lowest BCUT2D eigenvalue weighted by atomic mass is 10.1. The summed E-state index contributed by atoms with van der Waals surface area (Å²) in [6.45, 7) is 3.11. The fraction of sp³-hybridized carbons (Fsp3) is 0.136. The summed E-state index contributed by atoms with van der Waals surface area (Å²) in [6, 6.07) is 13.0. The lowest BCUT2D eigenvalue weighted by Gasteiger charge is -2.03. The van der Waals surface area contributed by atoms with Crippen molar-refractivity contribution in [1.82, 2.24) is 14.6 Å². The van der Waals surface area contributed by atoms with E-state index in [1.807, 2.05) is 0 Å². The van der Waals surface area contributed by atoms with Crippen molar-refractivity contribution in [2.45, 2.75) is 13.8 Å². The van der Waals surface area contributed by atoms with Gasteiger partial charge in [-0.25, -0.2) is 9.31 Å². The molecule has 0 aliphatic heterocycles. The Hall–Kier alpha value is -4.25. The van der Waals surface area contributed by atoms with Crippen LogP contribution in [0.15, 0.2) is 69.3 Å². The standard InChI is InChI=1S/C22H17N5O5S/c1-3-32-21(31)17(25-24-14-10-8-13(9-11-14)12(2)28)18(29)20-26-27-16-7-5-4-6-15(16)19(30)23-22(27)33-20/h4-11,29H,3H2,1-2H3/b18-17-,25-24?. The minimum Gasteiger partial charge on any atom is -0.503 e. The molecule has 33 heavy (non-hydrogen) atoms. The van der Waals surface area contributed by atoms with Crippen LogP contribution < -0.4 is 5.56 Å². The van der Waals surface area contributed by atoms with Gasteiger partial charge in [-0.05, 0) is 50.2 Å². The molecule has 2 aromatic heterocycles. The van der Waals surface area contributed by atoms with Crippen molar-refractivity contribution in [1.29, 1.82) is 0 Å². The number of para-hydroxylation sites is 1. The molecule has 0 saturated heterocycles. The third-order valence-corrected chi connectivity index (χ3v) is 5.47. The largest absolute Gasteiger partial charge is 0.503 e. The number of aliphatic hydroxyl groups is 1. The van der Waals surface area contributed by atoms with Crippen molar-refractivity contribution in [3.05, 3.63) is 75.2 Å². The molecule has 10 nitrogen and oxygen atoms in total. The van der Waals surface area contributed by atoms with E-state index >= 15 is 0 Å². The van der Waals surface area contributed by atoms with E-state index in [2.05, 4.69) is 20.3 Å². The monoisotopic (exact) mass is 463 g/mol. The number of carbonyl (C=O) groups is 2. The van der Waals surface area contributed by atoms with Gasteiger partial charge in [0.05, 0.1) is 23.2 Å². The van der Waals surface area contributed by atoms with Gasteiger partial charge in [-0.1, -0.05) is 23.5 Å². The molecule has 11 heteroatoms. The zero-order valence-corrected chi connectivity index (χ0v) is 18.4.